The van der Waals surface area contributed by atoms with Crippen LogP contribution in [0, 0.1) is 13.8 Å². The molecule has 2 aromatic rings. The first-order valence-corrected chi connectivity index (χ1v) is 11.1. The molecule has 0 bridgehead atoms. The van der Waals surface area contributed by atoms with Crippen molar-refractivity contribution < 1.29 is 4.79 Å². The number of carbonyl (C=O) groups is 1. The van der Waals surface area contributed by atoms with Crippen molar-refractivity contribution in [3.05, 3.63) is 101 Å². The topological polar surface area (TPSA) is 20.3 Å². The average Bonchev–Trinajstić information content (AvgIpc) is 2.74. The number of Topliss-reactive ketones (excluding diaryl/α,β-unsaturated/α-hetero) is 1. The highest BCUT2D eigenvalue weighted by Gasteiger charge is 2.20. The van der Waals surface area contributed by atoms with Crippen LogP contribution in [-0.4, -0.2) is 10.7 Å². The highest BCUT2D eigenvalue weighted by Crippen LogP contribution is 2.38. The lowest BCUT2D eigenvalue weighted by Crippen LogP contribution is -2.19. The molecule has 0 N–H and O–H groups in total. The van der Waals surface area contributed by atoms with Gasteiger partial charge in [-0.25, -0.2) is 0 Å². The fourth-order valence-corrected chi connectivity index (χ4v) is 4.34. The maximum Gasteiger partial charge on any atom is 0.159 e. The summed E-state index contributed by atoms with van der Waals surface area (Å²) in [5.41, 5.74) is 10.5. The van der Waals surface area contributed by atoms with Crippen molar-refractivity contribution in [1.29, 1.82) is 0 Å². The summed E-state index contributed by atoms with van der Waals surface area (Å²) in [6.45, 7) is 14.6. The van der Waals surface area contributed by atoms with Crippen LogP contribution in [0.1, 0.15) is 56.7 Å². The Bertz CT molecular complexity index is 1100. The van der Waals surface area contributed by atoms with E-state index in [0.29, 0.717) is 5.57 Å². The van der Waals surface area contributed by atoms with E-state index in [-0.39, 0.29) is 5.78 Å². The summed E-state index contributed by atoms with van der Waals surface area (Å²) in [6.07, 6.45) is 8.69. The summed E-state index contributed by atoms with van der Waals surface area (Å²) in [5.74, 6) is 0.0630. The second-order valence-electron chi connectivity index (χ2n) is 8.23. The Morgan fingerprint density at radius 2 is 1.77 bits per heavy atom. The highest BCUT2D eigenvalue weighted by atomic mass is 16.1. The lowest BCUT2D eigenvalue weighted by molar-refractivity contribution is -0.113. The smallest absolute Gasteiger partial charge is 0.159 e. The third kappa shape index (κ3) is 4.80. The van der Waals surface area contributed by atoms with Crippen LogP contribution in [0.25, 0.3) is 16.7 Å². The molecule has 160 valence electrons. The molecule has 0 spiro atoms. The van der Waals surface area contributed by atoms with Gasteiger partial charge in [-0.2, -0.15) is 0 Å². The molecule has 0 fully saturated rings. The molecule has 0 saturated heterocycles. The van der Waals surface area contributed by atoms with E-state index in [1.165, 1.54) is 39.1 Å². The molecule has 0 aliphatic carbocycles. The van der Waals surface area contributed by atoms with Crippen LogP contribution in [0.15, 0.2) is 84.4 Å². The van der Waals surface area contributed by atoms with E-state index >= 15 is 0 Å². The second kappa shape index (κ2) is 9.78. The molecule has 2 nitrogen and oxygen atoms in total. The minimum Gasteiger partial charge on any atom is -0.321 e. The van der Waals surface area contributed by atoms with E-state index in [1.54, 1.807) is 6.92 Å². The van der Waals surface area contributed by atoms with Crippen molar-refractivity contribution in [2.75, 3.05) is 0 Å². The fraction of sp³-hybridized carbons (Fsp3) is 0.276. The van der Waals surface area contributed by atoms with E-state index in [2.05, 4.69) is 81.6 Å². The van der Waals surface area contributed by atoms with Gasteiger partial charge in [0.25, 0.3) is 0 Å². The predicted molar refractivity (Wildman–Crippen MR) is 132 cm³/mol. The van der Waals surface area contributed by atoms with Crippen molar-refractivity contribution in [2.45, 2.75) is 53.9 Å². The Hall–Kier alpha value is -3.13. The van der Waals surface area contributed by atoms with Gasteiger partial charge in [-0.1, -0.05) is 74.9 Å². The lowest BCUT2D eigenvalue weighted by atomic mass is 9.88. The molecule has 3 rings (SSSR count). The van der Waals surface area contributed by atoms with Crippen LogP contribution in [0.4, 0.5) is 0 Å². The molecule has 1 aliphatic rings. The van der Waals surface area contributed by atoms with E-state index < -0.39 is 0 Å². The molecule has 0 aromatic heterocycles. The van der Waals surface area contributed by atoms with Crippen molar-refractivity contribution >= 4 is 11.4 Å². The average molecular weight is 412 g/mol. The first kappa shape index (κ1) is 22.6. The molecule has 0 unspecified atom stereocenters. The summed E-state index contributed by atoms with van der Waals surface area (Å²) >= 11 is 0. The maximum absolute atomic E-state index is 11.8. The van der Waals surface area contributed by atoms with Gasteiger partial charge < -0.3 is 4.90 Å². The van der Waals surface area contributed by atoms with Gasteiger partial charge in [0.15, 0.2) is 5.78 Å². The quantitative estimate of drug-likeness (QED) is 0.464. The number of aryl methyl sites for hydroxylation is 2. The Labute approximate surface area is 187 Å². The van der Waals surface area contributed by atoms with Gasteiger partial charge in [-0.05, 0) is 73.6 Å². The number of hydrogen-bond donors (Lipinski definition) is 0. The maximum atomic E-state index is 11.8. The normalized spacial score (nSPS) is 14.4. The highest BCUT2D eigenvalue weighted by molar-refractivity contribution is 5.97. The lowest BCUT2D eigenvalue weighted by Gasteiger charge is -2.30. The fourth-order valence-electron chi connectivity index (χ4n) is 4.34. The summed E-state index contributed by atoms with van der Waals surface area (Å²) in [5, 5.41) is 0. The number of rotatable bonds is 7. The number of benzene rings is 2. The number of carbonyl (C=O) groups excluding carboxylic acids is 1. The van der Waals surface area contributed by atoms with E-state index in [0.717, 1.165) is 25.0 Å². The third-order valence-corrected chi connectivity index (χ3v) is 5.84. The van der Waals surface area contributed by atoms with E-state index in [4.69, 9.17) is 0 Å². The Kier molecular flexibility index (Phi) is 7.12. The molecule has 0 radical (unpaired) electrons. The van der Waals surface area contributed by atoms with E-state index in [9.17, 15) is 4.79 Å². The zero-order valence-electron chi connectivity index (χ0n) is 19.5. The standard InChI is InChI=1S/C29H33NO/c1-7-11-28(29(8-2)30-17-16-24(23(6)31)19-22(30)5)27-13-10-9-12-26(27)25-15-14-20(3)18-21(25)4/h9-10,12-19H,5,7-8,11H2,1-4,6H3/b29-28+. The number of hydrogen-bond acceptors (Lipinski definition) is 2. The molecular formula is C29H33NO. The molecule has 1 aliphatic heterocycles. The minimum absolute atomic E-state index is 0.0630. The Morgan fingerprint density at radius 3 is 2.39 bits per heavy atom. The Balaban J connectivity index is 2.18. The molecular weight excluding hydrogens is 378 g/mol. The molecule has 2 heteroatoms. The number of nitrogens with zero attached hydrogens (tertiary/aromatic N) is 1. The van der Waals surface area contributed by atoms with Gasteiger partial charge in [0.2, 0.25) is 0 Å². The van der Waals surface area contributed by atoms with Crippen LogP contribution < -0.4 is 0 Å². The van der Waals surface area contributed by atoms with Crippen molar-refractivity contribution in [3.8, 4) is 11.1 Å². The molecule has 0 amide bonds. The monoisotopic (exact) mass is 411 g/mol. The van der Waals surface area contributed by atoms with Crippen LogP contribution in [0.3, 0.4) is 0 Å². The third-order valence-electron chi connectivity index (χ3n) is 5.84. The van der Waals surface area contributed by atoms with Crippen molar-refractivity contribution in [2.24, 2.45) is 0 Å². The molecule has 1 heterocycles. The van der Waals surface area contributed by atoms with Crippen molar-refractivity contribution in [1.82, 2.24) is 4.90 Å². The SMILES string of the molecule is C=C1C=C(C(C)=O)C=CN1/C(CC)=C(\CCC)c1ccccc1-c1ccc(C)cc1C. The predicted octanol–water partition coefficient (Wildman–Crippen LogP) is 7.75. The molecule has 31 heavy (non-hydrogen) atoms. The van der Waals surface area contributed by atoms with Gasteiger partial charge in [0.05, 0.1) is 0 Å². The molecule has 2 aromatic carbocycles. The van der Waals surface area contributed by atoms with Gasteiger partial charge in [-0.15, -0.1) is 0 Å². The number of allylic oxidation sites excluding steroid dienone is 5. The summed E-state index contributed by atoms with van der Waals surface area (Å²) in [6, 6.07) is 15.4. The van der Waals surface area contributed by atoms with E-state index in [1.807, 2.05) is 18.4 Å². The first-order chi connectivity index (χ1) is 14.9. The summed E-state index contributed by atoms with van der Waals surface area (Å²) in [7, 11) is 0. The zero-order valence-corrected chi connectivity index (χ0v) is 19.5. The van der Waals surface area contributed by atoms with Crippen LogP contribution in [0.5, 0.6) is 0 Å². The second-order valence-corrected chi connectivity index (χ2v) is 8.23. The van der Waals surface area contributed by atoms with Gasteiger partial charge in [-0.3, -0.25) is 4.79 Å². The zero-order chi connectivity index (χ0) is 22.5. The summed E-state index contributed by atoms with van der Waals surface area (Å²) in [4.78, 5) is 14.0. The Morgan fingerprint density at radius 1 is 1.03 bits per heavy atom. The summed E-state index contributed by atoms with van der Waals surface area (Å²) < 4.78 is 0. The largest absolute Gasteiger partial charge is 0.321 e. The van der Waals surface area contributed by atoms with Crippen LogP contribution >= 0.6 is 0 Å². The van der Waals surface area contributed by atoms with Gasteiger partial charge in [0.1, 0.15) is 0 Å². The minimum atomic E-state index is 0.0630. The van der Waals surface area contributed by atoms with Gasteiger partial charge in [0, 0.05) is 23.2 Å². The first-order valence-electron chi connectivity index (χ1n) is 11.1. The van der Waals surface area contributed by atoms with Crippen LogP contribution in [0.2, 0.25) is 0 Å². The molecule has 0 saturated carbocycles. The van der Waals surface area contributed by atoms with Crippen LogP contribution in [-0.2, 0) is 4.79 Å². The van der Waals surface area contributed by atoms with Gasteiger partial charge >= 0.3 is 0 Å². The molecule has 0 atom stereocenters. The number of ketones is 1. The van der Waals surface area contributed by atoms with Crippen molar-refractivity contribution in [3.63, 3.8) is 0 Å².